The molecule has 3 rings (SSSR count). The molecule has 0 aliphatic heterocycles. The van der Waals surface area contributed by atoms with E-state index in [9.17, 15) is 0 Å². The Balaban J connectivity index is 1.76. The Kier molecular flexibility index (Phi) is 5.05. The van der Waals surface area contributed by atoms with Gasteiger partial charge in [0.1, 0.15) is 12.0 Å². The van der Waals surface area contributed by atoms with E-state index in [1.807, 2.05) is 24.3 Å². The molecule has 0 spiro atoms. The quantitative estimate of drug-likeness (QED) is 0.620. The molecule has 4 N–H and O–H groups in total. The van der Waals surface area contributed by atoms with Crippen molar-refractivity contribution in [2.24, 2.45) is 0 Å². The van der Waals surface area contributed by atoms with Crippen molar-refractivity contribution < 1.29 is 0 Å². The van der Waals surface area contributed by atoms with Gasteiger partial charge in [-0.25, -0.2) is 9.97 Å². The van der Waals surface area contributed by atoms with Crippen LogP contribution < -0.4 is 16.4 Å². The maximum atomic E-state index is 6.22. The highest BCUT2D eigenvalue weighted by Gasteiger charge is 2.09. The number of aryl methyl sites for hydroxylation is 2. The summed E-state index contributed by atoms with van der Waals surface area (Å²) < 4.78 is 0. The summed E-state index contributed by atoms with van der Waals surface area (Å²) in [5, 5.41) is 7.22. The molecule has 0 aliphatic rings. The zero-order chi connectivity index (χ0) is 17.8. The third kappa shape index (κ3) is 4.39. The normalized spacial score (nSPS) is 10.5. The second-order valence-electron chi connectivity index (χ2n) is 5.97. The molecule has 5 nitrogen and oxygen atoms in total. The van der Waals surface area contributed by atoms with Crippen molar-refractivity contribution in [2.75, 3.05) is 16.4 Å². The number of nitrogens with zero attached hydrogens (tertiary/aromatic N) is 2. The summed E-state index contributed by atoms with van der Waals surface area (Å²) in [7, 11) is 0. The lowest BCUT2D eigenvalue weighted by molar-refractivity contribution is 1.09. The van der Waals surface area contributed by atoms with Crippen LogP contribution in [0.3, 0.4) is 0 Å². The Labute approximate surface area is 152 Å². The third-order valence-corrected chi connectivity index (χ3v) is 3.99. The van der Waals surface area contributed by atoms with Gasteiger partial charge < -0.3 is 16.4 Å². The van der Waals surface area contributed by atoms with Crippen LogP contribution in [0.2, 0.25) is 5.02 Å². The number of nitrogens with two attached hydrogens (primary N) is 1. The van der Waals surface area contributed by atoms with Crippen molar-refractivity contribution in [2.45, 2.75) is 20.4 Å². The molecule has 0 aliphatic carbocycles. The summed E-state index contributed by atoms with van der Waals surface area (Å²) >= 11 is 5.90. The number of halogens is 1. The Bertz CT molecular complexity index is 857. The van der Waals surface area contributed by atoms with E-state index in [2.05, 4.69) is 52.6 Å². The topological polar surface area (TPSA) is 75.9 Å². The Morgan fingerprint density at radius 3 is 2.28 bits per heavy atom. The van der Waals surface area contributed by atoms with Crippen LogP contribution in [-0.4, -0.2) is 9.97 Å². The SMILES string of the molecule is Cc1cc(C)cc(Nc2ncnc(NCc3ccc(Cl)cc3)c2N)c1. The van der Waals surface area contributed by atoms with Gasteiger partial charge in [0.05, 0.1) is 0 Å². The summed E-state index contributed by atoms with van der Waals surface area (Å²) in [4.78, 5) is 8.49. The molecular weight excluding hydrogens is 334 g/mol. The number of aromatic nitrogens is 2. The second-order valence-corrected chi connectivity index (χ2v) is 6.40. The molecule has 0 atom stereocenters. The Morgan fingerprint density at radius 1 is 0.960 bits per heavy atom. The molecule has 0 saturated carbocycles. The lowest BCUT2D eigenvalue weighted by Gasteiger charge is -2.13. The van der Waals surface area contributed by atoms with E-state index >= 15 is 0 Å². The lowest BCUT2D eigenvalue weighted by atomic mass is 10.1. The van der Waals surface area contributed by atoms with Crippen LogP contribution in [0, 0.1) is 13.8 Å². The van der Waals surface area contributed by atoms with Crippen molar-refractivity contribution in [3.63, 3.8) is 0 Å². The van der Waals surface area contributed by atoms with Crippen LogP contribution in [-0.2, 0) is 6.54 Å². The number of hydrogen-bond donors (Lipinski definition) is 3. The molecule has 6 heteroatoms. The maximum Gasteiger partial charge on any atom is 0.159 e. The minimum atomic E-state index is 0.482. The first-order valence-electron chi connectivity index (χ1n) is 7.95. The lowest BCUT2D eigenvalue weighted by Crippen LogP contribution is -2.08. The fourth-order valence-electron chi connectivity index (χ4n) is 2.61. The van der Waals surface area contributed by atoms with Gasteiger partial charge in [-0.1, -0.05) is 29.8 Å². The van der Waals surface area contributed by atoms with Crippen LogP contribution in [0.4, 0.5) is 23.0 Å². The van der Waals surface area contributed by atoms with Gasteiger partial charge in [0.25, 0.3) is 0 Å². The van der Waals surface area contributed by atoms with Crippen molar-refractivity contribution in [3.05, 3.63) is 70.5 Å². The van der Waals surface area contributed by atoms with E-state index in [0.29, 0.717) is 28.9 Å². The Hall–Kier alpha value is -2.79. The van der Waals surface area contributed by atoms with Crippen LogP contribution in [0.5, 0.6) is 0 Å². The standard InChI is InChI=1S/C19H20ClN5/c1-12-7-13(2)9-16(8-12)25-19-17(21)18(23-11-24-19)22-10-14-3-5-15(20)6-4-14/h3-9,11H,10,21H2,1-2H3,(H2,22,23,24,25). The molecule has 25 heavy (non-hydrogen) atoms. The summed E-state index contributed by atoms with van der Waals surface area (Å²) in [5.74, 6) is 1.18. The third-order valence-electron chi connectivity index (χ3n) is 3.74. The number of nitrogens with one attached hydrogen (secondary N) is 2. The second kappa shape index (κ2) is 7.40. The highest BCUT2D eigenvalue weighted by Crippen LogP contribution is 2.27. The van der Waals surface area contributed by atoms with Crippen molar-refractivity contribution in [3.8, 4) is 0 Å². The fourth-order valence-corrected chi connectivity index (χ4v) is 2.73. The molecule has 1 heterocycles. The van der Waals surface area contributed by atoms with Gasteiger partial charge in [0, 0.05) is 17.3 Å². The van der Waals surface area contributed by atoms with Gasteiger partial charge in [0.15, 0.2) is 11.6 Å². The van der Waals surface area contributed by atoms with Gasteiger partial charge >= 0.3 is 0 Å². The van der Waals surface area contributed by atoms with Gasteiger partial charge in [-0.3, -0.25) is 0 Å². The monoisotopic (exact) mass is 353 g/mol. The van der Waals surface area contributed by atoms with Crippen LogP contribution in [0.15, 0.2) is 48.8 Å². The van der Waals surface area contributed by atoms with Crippen molar-refractivity contribution in [1.82, 2.24) is 9.97 Å². The predicted octanol–water partition coefficient (Wildman–Crippen LogP) is 4.68. The number of hydrogen-bond acceptors (Lipinski definition) is 5. The van der Waals surface area contributed by atoms with E-state index in [-0.39, 0.29) is 0 Å². The average molecular weight is 354 g/mol. The first-order chi connectivity index (χ1) is 12.0. The average Bonchev–Trinajstić information content (AvgIpc) is 2.56. The van der Waals surface area contributed by atoms with Gasteiger partial charge in [-0.2, -0.15) is 0 Å². The maximum absolute atomic E-state index is 6.22. The molecule has 3 aromatic rings. The molecule has 0 radical (unpaired) electrons. The largest absolute Gasteiger partial charge is 0.393 e. The predicted molar refractivity (Wildman–Crippen MR) is 104 cm³/mol. The smallest absolute Gasteiger partial charge is 0.159 e. The summed E-state index contributed by atoms with van der Waals surface area (Å²) in [6.07, 6.45) is 1.49. The summed E-state index contributed by atoms with van der Waals surface area (Å²) in [5.41, 5.74) is 11.1. The van der Waals surface area contributed by atoms with Crippen LogP contribution >= 0.6 is 11.6 Å². The van der Waals surface area contributed by atoms with Crippen molar-refractivity contribution >= 4 is 34.6 Å². The molecule has 0 saturated heterocycles. The first-order valence-corrected chi connectivity index (χ1v) is 8.33. The van der Waals surface area contributed by atoms with E-state index in [1.165, 1.54) is 17.5 Å². The number of nitrogen functional groups attached to an aromatic ring is 1. The molecule has 128 valence electrons. The van der Waals surface area contributed by atoms with E-state index in [4.69, 9.17) is 17.3 Å². The molecule has 0 unspecified atom stereocenters. The molecule has 1 aromatic heterocycles. The highest BCUT2D eigenvalue weighted by molar-refractivity contribution is 6.30. The van der Waals surface area contributed by atoms with E-state index in [0.717, 1.165) is 11.3 Å². The molecule has 0 fully saturated rings. The minimum Gasteiger partial charge on any atom is -0.393 e. The molecule has 0 amide bonds. The highest BCUT2D eigenvalue weighted by atomic mass is 35.5. The van der Waals surface area contributed by atoms with E-state index < -0.39 is 0 Å². The number of rotatable bonds is 5. The minimum absolute atomic E-state index is 0.482. The van der Waals surface area contributed by atoms with Crippen LogP contribution in [0.1, 0.15) is 16.7 Å². The van der Waals surface area contributed by atoms with Crippen LogP contribution in [0.25, 0.3) is 0 Å². The molecular formula is C19H20ClN5. The Morgan fingerprint density at radius 2 is 1.60 bits per heavy atom. The van der Waals surface area contributed by atoms with Gasteiger partial charge in [0.2, 0.25) is 0 Å². The molecule has 2 aromatic carbocycles. The van der Waals surface area contributed by atoms with Gasteiger partial charge in [-0.15, -0.1) is 0 Å². The summed E-state index contributed by atoms with van der Waals surface area (Å²) in [6, 6.07) is 13.9. The van der Waals surface area contributed by atoms with E-state index in [1.54, 1.807) is 0 Å². The fraction of sp³-hybridized carbons (Fsp3) is 0.158. The zero-order valence-electron chi connectivity index (χ0n) is 14.2. The summed E-state index contributed by atoms with van der Waals surface area (Å²) in [6.45, 7) is 4.71. The zero-order valence-corrected chi connectivity index (χ0v) is 14.9. The number of anilines is 4. The number of benzene rings is 2. The van der Waals surface area contributed by atoms with Gasteiger partial charge in [-0.05, 0) is 54.8 Å². The van der Waals surface area contributed by atoms with Crippen molar-refractivity contribution in [1.29, 1.82) is 0 Å². The first kappa shape index (κ1) is 17.0. The molecule has 0 bridgehead atoms.